The van der Waals surface area contributed by atoms with E-state index in [0.29, 0.717) is 0 Å². The highest BCUT2D eigenvalue weighted by Gasteiger charge is 2.44. The van der Waals surface area contributed by atoms with Crippen LogP contribution in [0.3, 0.4) is 0 Å². The van der Waals surface area contributed by atoms with Crippen LogP contribution >= 0.6 is 0 Å². The number of hydrogen-bond donors (Lipinski definition) is 0. The molecule has 0 atom stereocenters. The summed E-state index contributed by atoms with van der Waals surface area (Å²) in [6, 6.07) is 0. The molecule has 1 rings (SSSR count). The molecule has 0 spiro atoms. The minimum atomic E-state index is -1.76. The van der Waals surface area contributed by atoms with E-state index in [-0.39, 0.29) is 30.8 Å². The highest BCUT2D eigenvalue weighted by Crippen LogP contribution is 2.41. The van der Waals surface area contributed by atoms with Crippen molar-refractivity contribution < 1.29 is 57.2 Å². The van der Waals surface area contributed by atoms with E-state index in [1.165, 1.54) is 19.9 Å². The number of carbonyl (C=O) groups excluding carboxylic acids is 6. The van der Waals surface area contributed by atoms with E-state index >= 15 is 0 Å². The molecular formula is C22H26O12. The van der Waals surface area contributed by atoms with Gasteiger partial charge in [0.15, 0.2) is 11.5 Å². The summed E-state index contributed by atoms with van der Waals surface area (Å²) in [7, 11) is 3.95. The summed E-state index contributed by atoms with van der Waals surface area (Å²) in [5.41, 5.74) is -2.28. The number of allylic oxidation sites excluding steroid dienone is 3. The molecule has 12 heteroatoms. The Labute approximate surface area is 195 Å². The normalized spacial score (nSPS) is 12.4. The van der Waals surface area contributed by atoms with E-state index in [2.05, 4.69) is 18.9 Å². The molecule has 0 N–H and O–H groups in total. The number of rotatable bonds is 9. The van der Waals surface area contributed by atoms with Gasteiger partial charge in [0, 0.05) is 5.57 Å². The van der Waals surface area contributed by atoms with Crippen LogP contribution in [0.4, 0.5) is 0 Å². The van der Waals surface area contributed by atoms with Crippen LogP contribution in [0.5, 0.6) is 0 Å². The summed E-state index contributed by atoms with van der Waals surface area (Å²) >= 11 is 0. The number of esters is 6. The van der Waals surface area contributed by atoms with Crippen molar-refractivity contribution in [3.8, 4) is 0 Å². The third kappa shape index (κ3) is 5.88. The van der Waals surface area contributed by atoms with Gasteiger partial charge in [0.1, 0.15) is 5.57 Å². The first-order valence-corrected chi connectivity index (χ1v) is 9.99. The largest absolute Gasteiger partial charge is 0.465 e. The predicted octanol–water partition coefficient (Wildman–Crippen LogP) is 0.344. The zero-order chi connectivity index (χ0) is 26.0. The SMILES string of the molecule is CCOC(=O)C(C(=O)OCC)C1=CCC(=C(C(=O)OC)C(=O)OC)C1=C(C(=O)OC)C(=O)OC. The predicted molar refractivity (Wildman–Crippen MR) is 112 cm³/mol. The fraction of sp³-hybridized carbons (Fsp3) is 0.455. The van der Waals surface area contributed by atoms with Gasteiger partial charge >= 0.3 is 35.8 Å². The van der Waals surface area contributed by atoms with Crippen LogP contribution in [0.2, 0.25) is 0 Å². The maximum absolute atomic E-state index is 12.7. The molecule has 0 saturated heterocycles. The molecule has 0 fully saturated rings. The zero-order valence-corrected chi connectivity index (χ0v) is 19.7. The van der Waals surface area contributed by atoms with E-state index in [1.807, 2.05) is 0 Å². The molecule has 0 heterocycles. The molecule has 12 nitrogen and oxygen atoms in total. The number of hydrogen-bond acceptors (Lipinski definition) is 12. The molecule has 1 aliphatic carbocycles. The van der Waals surface area contributed by atoms with Crippen LogP contribution in [0.1, 0.15) is 20.3 Å². The third-order valence-electron chi connectivity index (χ3n) is 4.58. The highest BCUT2D eigenvalue weighted by atomic mass is 16.6. The lowest BCUT2D eigenvalue weighted by Gasteiger charge is -2.20. The van der Waals surface area contributed by atoms with Gasteiger partial charge in [0.05, 0.1) is 41.7 Å². The Morgan fingerprint density at radius 2 is 1.09 bits per heavy atom. The van der Waals surface area contributed by atoms with Crippen LogP contribution in [0.25, 0.3) is 0 Å². The standard InChI is InChI=1S/C22H26O12/c1-7-33-21(27)15(22(28)34-8-2)12-10-9-11(14(17(23)29-3)18(24)30-4)13(12)16(19(25)31-5)20(26)32-6/h10,15H,7-9H2,1-6H3. The first-order chi connectivity index (χ1) is 16.1. The number of ether oxygens (including phenoxy) is 6. The second kappa shape index (κ2) is 12.9. The average Bonchev–Trinajstić information content (AvgIpc) is 3.22. The van der Waals surface area contributed by atoms with E-state index in [9.17, 15) is 28.8 Å². The van der Waals surface area contributed by atoms with Crippen LogP contribution in [0, 0.1) is 5.92 Å². The average molecular weight is 482 g/mol. The Kier molecular flexibility index (Phi) is 10.7. The topological polar surface area (TPSA) is 158 Å². The van der Waals surface area contributed by atoms with Crippen LogP contribution in [-0.4, -0.2) is 77.5 Å². The summed E-state index contributed by atoms with van der Waals surface area (Å²) in [5.74, 6) is -8.57. The smallest absolute Gasteiger partial charge is 0.345 e. The van der Waals surface area contributed by atoms with Crippen LogP contribution in [0.15, 0.2) is 33.9 Å². The molecule has 0 aliphatic heterocycles. The number of carbonyl (C=O) groups is 6. The fourth-order valence-electron chi connectivity index (χ4n) is 3.20. The molecule has 0 bridgehead atoms. The van der Waals surface area contributed by atoms with Gasteiger partial charge in [-0.15, -0.1) is 0 Å². The lowest BCUT2D eigenvalue weighted by Crippen LogP contribution is -2.31. The first-order valence-electron chi connectivity index (χ1n) is 9.99. The van der Waals surface area contributed by atoms with Crippen molar-refractivity contribution >= 4 is 35.8 Å². The minimum Gasteiger partial charge on any atom is -0.465 e. The maximum Gasteiger partial charge on any atom is 0.345 e. The Morgan fingerprint density at radius 3 is 1.44 bits per heavy atom. The zero-order valence-electron chi connectivity index (χ0n) is 19.7. The van der Waals surface area contributed by atoms with Gasteiger partial charge in [-0.05, 0) is 31.4 Å². The molecule has 0 unspecified atom stereocenters. The molecule has 0 aromatic heterocycles. The Hall–Kier alpha value is -3.96. The second-order valence-corrected chi connectivity index (χ2v) is 6.37. The minimum absolute atomic E-state index is 0.0970. The highest BCUT2D eigenvalue weighted by molar-refractivity contribution is 6.20. The van der Waals surface area contributed by atoms with Crippen molar-refractivity contribution in [2.45, 2.75) is 20.3 Å². The lowest BCUT2D eigenvalue weighted by atomic mass is 9.87. The summed E-state index contributed by atoms with van der Waals surface area (Å²) in [5, 5.41) is 0. The van der Waals surface area contributed by atoms with Crippen molar-refractivity contribution in [1.82, 2.24) is 0 Å². The Balaban J connectivity index is 4.13. The van der Waals surface area contributed by atoms with Gasteiger partial charge < -0.3 is 28.4 Å². The van der Waals surface area contributed by atoms with Gasteiger partial charge in [-0.25, -0.2) is 19.2 Å². The lowest BCUT2D eigenvalue weighted by molar-refractivity contribution is -0.159. The molecule has 1 aliphatic rings. The second-order valence-electron chi connectivity index (χ2n) is 6.37. The third-order valence-corrected chi connectivity index (χ3v) is 4.58. The van der Waals surface area contributed by atoms with Crippen molar-refractivity contribution in [3.05, 3.63) is 33.9 Å². The summed E-state index contributed by atoms with van der Waals surface area (Å²) in [6.07, 6.45) is 1.01. The van der Waals surface area contributed by atoms with Gasteiger partial charge in [-0.1, -0.05) is 6.08 Å². The maximum atomic E-state index is 12.7. The number of methoxy groups -OCH3 is 4. The van der Waals surface area contributed by atoms with Gasteiger partial charge in [0.2, 0.25) is 0 Å². The molecule has 0 saturated carbocycles. The quantitative estimate of drug-likeness (QED) is 0.146. The summed E-state index contributed by atoms with van der Waals surface area (Å²) in [6.45, 7) is 2.82. The van der Waals surface area contributed by atoms with Crippen molar-refractivity contribution in [1.29, 1.82) is 0 Å². The molecule has 0 aromatic rings. The monoisotopic (exact) mass is 482 g/mol. The summed E-state index contributed by atoms with van der Waals surface area (Å²) in [4.78, 5) is 75.6. The van der Waals surface area contributed by atoms with E-state index in [4.69, 9.17) is 9.47 Å². The van der Waals surface area contributed by atoms with Crippen molar-refractivity contribution in [2.24, 2.45) is 5.92 Å². The summed E-state index contributed by atoms with van der Waals surface area (Å²) < 4.78 is 28.6. The van der Waals surface area contributed by atoms with Crippen LogP contribution in [-0.2, 0) is 57.2 Å². The Morgan fingerprint density at radius 1 is 0.706 bits per heavy atom. The molecule has 34 heavy (non-hydrogen) atoms. The molecule has 186 valence electrons. The van der Waals surface area contributed by atoms with E-state index < -0.39 is 58.5 Å². The van der Waals surface area contributed by atoms with E-state index in [1.54, 1.807) is 0 Å². The molecule has 0 radical (unpaired) electrons. The van der Waals surface area contributed by atoms with Crippen molar-refractivity contribution in [2.75, 3.05) is 41.7 Å². The van der Waals surface area contributed by atoms with E-state index in [0.717, 1.165) is 28.4 Å². The first kappa shape index (κ1) is 28.1. The van der Waals surface area contributed by atoms with Gasteiger partial charge in [0.25, 0.3) is 0 Å². The molecular weight excluding hydrogens is 456 g/mol. The van der Waals surface area contributed by atoms with Crippen LogP contribution < -0.4 is 0 Å². The van der Waals surface area contributed by atoms with Crippen molar-refractivity contribution in [3.63, 3.8) is 0 Å². The Bertz CT molecular complexity index is 912. The van der Waals surface area contributed by atoms with Gasteiger partial charge in [-0.3, -0.25) is 9.59 Å². The molecule has 0 amide bonds. The van der Waals surface area contributed by atoms with Gasteiger partial charge in [-0.2, -0.15) is 0 Å². The molecule has 0 aromatic carbocycles. The fourth-order valence-corrected chi connectivity index (χ4v) is 3.20.